The quantitative estimate of drug-likeness (QED) is 0.630. The molecule has 0 atom stereocenters. The monoisotopic (exact) mass is 284 g/mol. The molecular formula is C13H17FN2O2S. The van der Waals surface area contributed by atoms with E-state index in [9.17, 15) is 12.8 Å². The Balaban J connectivity index is 2.94. The maximum atomic E-state index is 13.7. The van der Waals surface area contributed by atoms with Crippen LogP contribution in [0, 0.1) is 17.7 Å². The van der Waals surface area contributed by atoms with Crippen molar-refractivity contribution in [1.29, 1.82) is 0 Å². The molecule has 3 N–H and O–H groups in total. The summed E-state index contributed by atoms with van der Waals surface area (Å²) in [5.74, 6) is 4.39. The molecule has 1 aromatic rings. The van der Waals surface area contributed by atoms with Crippen LogP contribution in [0.3, 0.4) is 0 Å². The zero-order valence-corrected chi connectivity index (χ0v) is 11.6. The predicted molar refractivity (Wildman–Crippen MR) is 72.4 cm³/mol. The van der Waals surface area contributed by atoms with Crippen molar-refractivity contribution in [1.82, 2.24) is 4.72 Å². The van der Waals surface area contributed by atoms with Gasteiger partial charge in [0.25, 0.3) is 0 Å². The molecule has 0 radical (unpaired) electrons. The Kier molecular flexibility index (Phi) is 5.96. The Labute approximate surface area is 113 Å². The first-order valence-corrected chi connectivity index (χ1v) is 7.47. The van der Waals surface area contributed by atoms with E-state index in [1.807, 2.05) is 6.92 Å². The summed E-state index contributed by atoms with van der Waals surface area (Å²) < 4.78 is 39.8. The molecule has 0 bridgehead atoms. The van der Waals surface area contributed by atoms with E-state index in [0.29, 0.717) is 6.54 Å². The molecule has 0 aliphatic heterocycles. The van der Waals surface area contributed by atoms with Crippen molar-refractivity contribution in [2.24, 2.45) is 5.73 Å². The van der Waals surface area contributed by atoms with Crippen LogP contribution in [0.25, 0.3) is 0 Å². The van der Waals surface area contributed by atoms with Crippen molar-refractivity contribution in [2.75, 3.05) is 13.1 Å². The molecule has 0 aromatic heterocycles. The van der Waals surface area contributed by atoms with Crippen LogP contribution < -0.4 is 10.5 Å². The van der Waals surface area contributed by atoms with E-state index >= 15 is 0 Å². The zero-order chi connectivity index (χ0) is 14.3. The predicted octanol–water partition coefficient (Wildman–Crippen LogP) is 1.21. The Hall–Kier alpha value is -1.42. The van der Waals surface area contributed by atoms with Crippen LogP contribution in [-0.4, -0.2) is 21.5 Å². The summed E-state index contributed by atoms with van der Waals surface area (Å²) in [6.07, 6.45) is 1.62. The minimum Gasteiger partial charge on any atom is -0.320 e. The molecule has 104 valence electrons. The number of hydrogen-bond acceptors (Lipinski definition) is 3. The first-order chi connectivity index (χ1) is 9.01. The van der Waals surface area contributed by atoms with Gasteiger partial charge in [0.1, 0.15) is 5.82 Å². The highest BCUT2D eigenvalue weighted by Gasteiger charge is 2.15. The maximum Gasteiger partial charge on any atom is 0.240 e. The Morgan fingerprint density at radius 2 is 2.16 bits per heavy atom. The van der Waals surface area contributed by atoms with Crippen molar-refractivity contribution < 1.29 is 12.8 Å². The molecule has 0 spiro atoms. The number of nitrogens with two attached hydrogens (primary N) is 1. The SMILES string of the molecule is CCCCNS(=O)(=O)c1ccc(C#CCN)c(F)c1. The van der Waals surface area contributed by atoms with Gasteiger partial charge in [-0.2, -0.15) is 0 Å². The van der Waals surface area contributed by atoms with E-state index in [-0.39, 0.29) is 17.0 Å². The van der Waals surface area contributed by atoms with Crippen LogP contribution in [0.5, 0.6) is 0 Å². The van der Waals surface area contributed by atoms with Crippen LogP contribution in [0.1, 0.15) is 25.3 Å². The molecule has 0 aliphatic carbocycles. The van der Waals surface area contributed by atoms with Gasteiger partial charge in [-0.25, -0.2) is 17.5 Å². The van der Waals surface area contributed by atoms with Crippen LogP contribution in [-0.2, 0) is 10.0 Å². The number of halogens is 1. The molecule has 0 heterocycles. The highest BCUT2D eigenvalue weighted by molar-refractivity contribution is 7.89. The van der Waals surface area contributed by atoms with E-state index in [1.165, 1.54) is 12.1 Å². The molecule has 4 nitrogen and oxygen atoms in total. The van der Waals surface area contributed by atoms with E-state index in [0.717, 1.165) is 18.9 Å². The highest BCUT2D eigenvalue weighted by Crippen LogP contribution is 2.14. The maximum absolute atomic E-state index is 13.7. The molecular weight excluding hydrogens is 267 g/mol. The largest absolute Gasteiger partial charge is 0.320 e. The molecule has 19 heavy (non-hydrogen) atoms. The van der Waals surface area contributed by atoms with Crippen molar-refractivity contribution in [3.8, 4) is 11.8 Å². The molecule has 0 saturated carbocycles. The number of unbranched alkanes of at least 4 members (excludes halogenated alkanes) is 1. The fourth-order valence-corrected chi connectivity index (χ4v) is 2.46. The second kappa shape index (κ2) is 7.24. The van der Waals surface area contributed by atoms with Crippen molar-refractivity contribution >= 4 is 10.0 Å². The first kappa shape index (κ1) is 15.6. The summed E-state index contributed by atoms with van der Waals surface area (Å²) in [6, 6.07) is 3.64. The van der Waals surface area contributed by atoms with Gasteiger partial charge in [-0.1, -0.05) is 25.2 Å². The minimum atomic E-state index is -3.66. The van der Waals surface area contributed by atoms with E-state index < -0.39 is 15.8 Å². The van der Waals surface area contributed by atoms with Crippen LogP contribution in [0.2, 0.25) is 0 Å². The third kappa shape index (κ3) is 4.63. The Morgan fingerprint density at radius 3 is 2.74 bits per heavy atom. The minimum absolute atomic E-state index is 0.0978. The lowest BCUT2D eigenvalue weighted by Gasteiger charge is -2.06. The van der Waals surface area contributed by atoms with Crippen LogP contribution >= 0.6 is 0 Å². The highest BCUT2D eigenvalue weighted by atomic mass is 32.2. The van der Waals surface area contributed by atoms with E-state index in [1.54, 1.807) is 0 Å². The molecule has 1 rings (SSSR count). The molecule has 0 amide bonds. The lowest BCUT2D eigenvalue weighted by Crippen LogP contribution is -2.24. The molecule has 0 unspecified atom stereocenters. The Morgan fingerprint density at radius 1 is 1.42 bits per heavy atom. The van der Waals surface area contributed by atoms with Crippen molar-refractivity contribution in [3.05, 3.63) is 29.6 Å². The van der Waals surface area contributed by atoms with Crippen LogP contribution in [0.15, 0.2) is 23.1 Å². The molecule has 0 aliphatic rings. The number of hydrogen-bond donors (Lipinski definition) is 2. The molecule has 1 aromatic carbocycles. The first-order valence-electron chi connectivity index (χ1n) is 5.99. The smallest absolute Gasteiger partial charge is 0.240 e. The second-order valence-corrected chi connectivity index (χ2v) is 5.67. The van der Waals surface area contributed by atoms with Gasteiger partial charge in [0.05, 0.1) is 17.0 Å². The molecule has 6 heteroatoms. The standard InChI is InChI=1S/C13H17FN2O2S/c1-2-3-9-16-19(17,18)12-7-6-11(5-4-8-15)13(14)10-12/h6-7,10,16H,2-3,8-9,15H2,1H3. The number of sulfonamides is 1. The third-order valence-corrected chi connectivity index (χ3v) is 3.86. The van der Waals surface area contributed by atoms with Gasteiger partial charge in [0.2, 0.25) is 10.0 Å². The average Bonchev–Trinajstić information content (AvgIpc) is 2.37. The summed E-state index contributed by atoms with van der Waals surface area (Å²) in [5.41, 5.74) is 5.33. The van der Waals surface area contributed by atoms with Crippen LogP contribution in [0.4, 0.5) is 4.39 Å². The fourth-order valence-electron chi connectivity index (χ4n) is 1.38. The van der Waals surface area contributed by atoms with Gasteiger partial charge in [0.15, 0.2) is 0 Å². The van der Waals surface area contributed by atoms with Gasteiger partial charge < -0.3 is 5.73 Å². The number of rotatable bonds is 5. The lowest BCUT2D eigenvalue weighted by molar-refractivity contribution is 0.574. The summed E-state index contributed by atoms with van der Waals surface area (Å²) in [7, 11) is -3.66. The number of nitrogens with one attached hydrogen (secondary N) is 1. The summed E-state index contributed by atoms with van der Waals surface area (Å²) in [5, 5.41) is 0. The topological polar surface area (TPSA) is 72.2 Å². The fraction of sp³-hybridized carbons (Fsp3) is 0.385. The summed E-state index contributed by atoms with van der Waals surface area (Å²) >= 11 is 0. The molecule has 0 saturated heterocycles. The third-order valence-electron chi connectivity index (χ3n) is 2.40. The van der Waals surface area contributed by atoms with Gasteiger partial charge >= 0.3 is 0 Å². The lowest BCUT2D eigenvalue weighted by atomic mass is 10.2. The van der Waals surface area contributed by atoms with E-state index in [2.05, 4.69) is 16.6 Å². The molecule has 0 fully saturated rings. The summed E-state index contributed by atoms with van der Waals surface area (Å²) in [6.45, 7) is 2.42. The average molecular weight is 284 g/mol. The second-order valence-electron chi connectivity index (χ2n) is 3.90. The van der Waals surface area contributed by atoms with Crippen molar-refractivity contribution in [3.63, 3.8) is 0 Å². The van der Waals surface area contributed by atoms with Gasteiger partial charge in [-0.05, 0) is 24.6 Å². The normalized spacial score (nSPS) is 10.9. The number of benzene rings is 1. The van der Waals surface area contributed by atoms with Crippen molar-refractivity contribution in [2.45, 2.75) is 24.7 Å². The van der Waals surface area contributed by atoms with Gasteiger partial charge in [0, 0.05) is 6.54 Å². The summed E-state index contributed by atoms with van der Waals surface area (Å²) in [4.78, 5) is -0.0978. The zero-order valence-electron chi connectivity index (χ0n) is 10.7. The van der Waals surface area contributed by atoms with E-state index in [4.69, 9.17) is 5.73 Å². The van der Waals surface area contributed by atoms with Gasteiger partial charge in [-0.15, -0.1) is 0 Å². The van der Waals surface area contributed by atoms with Gasteiger partial charge in [-0.3, -0.25) is 0 Å². The Bertz CT molecular complexity index is 588.